The first-order chi connectivity index (χ1) is 19.2. The quantitative estimate of drug-likeness (QED) is 0.0404. The van der Waals surface area contributed by atoms with Gasteiger partial charge in [-0.2, -0.15) is 4.98 Å². The molecule has 27 heteroatoms. The predicted octanol–water partition coefficient (Wildman–Crippen LogP) is -10.6. The van der Waals surface area contributed by atoms with E-state index in [0.29, 0.717) is 0 Å². The Kier molecular flexibility index (Phi) is 13.8. The van der Waals surface area contributed by atoms with E-state index in [-0.39, 0.29) is 76.2 Å². The third-order valence-electron chi connectivity index (χ3n) is 5.93. The first-order valence-corrected chi connectivity index (χ1v) is 14.2. The Morgan fingerprint density at radius 2 is 1.77 bits per heavy atom. The van der Waals surface area contributed by atoms with Crippen molar-refractivity contribution in [2.45, 2.75) is 55.2 Å². The molecule has 2 aliphatic rings. The molecule has 0 radical (unpaired) electrons. The molecule has 0 amide bonds. The van der Waals surface area contributed by atoms with E-state index in [1.807, 2.05) is 0 Å². The number of azide groups is 1. The van der Waals surface area contributed by atoms with Crippen LogP contribution in [-0.4, -0.2) is 107 Å². The molecule has 0 aliphatic carbocycles. The molecular weight excluding hydrogens is 652 g/mol. The average molecular weight is 674 g/mol. The van der Waals surface area contributed by atoms with E-state index in [4.69, 9.17) is 20.7 Å². The number of aliphatic hydroxyl groups excluding tert-OH is 5. The van der Waals surface area contributed by atoms with Crippen LogP contribution in [-0.2, 0) is 32.0 Å². The molecule has 4 rings (SSSR count). The van der Waals surface area contributed by atoms with Crippen LogP contribution in [0.3, 0.4) is 0 Å². The predicted molar refractivity (Wildman–Crippen MR) is 123 cm³/mol. The maximum Gasteiger partial charge on any atom is 1.00 e. The van der Waals surface area contributed by atoms with Crippen LogP contribution in [0, 0.1) is 0 Å². The van der Waals surface area contributed by atoms with Gasteiger partial charge in [-0.1, -0.05) is 5.11 Å². The minimum atomic E-state index is -5.96. The molecule has 2 saturated heterocycles. The number of nitrogens with one attached hydrogen (secondary N) is 1. The van der Waals surface area contributed by atoms with Crippen LogP contribution >= 0.6 is 15.6 Å². The maximum atomic E-state index is 12.3. The maximum absolute atomic E-state index is 12.3. The fraction of sp³-hybridized carbons (Fsp3) is 0.688. The fourth-order valence-electron chi connectivity index (χ4n) is 4.02. The molecule has 0 saturated carbocycles. The van der Waals surface area contributed by atoms with Crippen LogP contribution in [0.15, 0.2) is 16.2 Å². The number of rotatable bonds is 10. The van der Waals surface area contributed by atoms with Gasteiger partial charge < -0.3 is 55.1 Å². The number of hydrogen-bond donors (Lipinski definition) is 7. The molecular formula is C16H22N8Na2O15P2. The van der Waals surface area contributed by atoms with Crippen molar-refractivity contribution in [2.75, 3.05) is 18.9 Å². The fourth-order valence-corrected chi connectivity index (χ4v) is 6.10. The van der Waals surface area contributed by atoms with Crippen molar-refractivity contribution >= 4 is 32.8 Å². The third-order valence-corrected chi connectivity index (χ3v) is 8.46. The van der Waals surface area contributed by atoms with E-state index in [9.17, 15) is 49.2 Å². The van der Waals surface area contributed by atoms with E-state index in [1.165, 1.54) is 0 Å². The summed E-state index contributed by atoms with van der Waals surface area (Å²) in [6, 6.07) is -1.92. The zero-order valence-corrected chi connectivity index (χ0v) is 28.0. The number of ether oxygens (including phenoxy) is 2. The Hall–Kier alpha value is -0.560. The van der Waals surface area contributed by atoms with Gasteiger partial charge >= 0.3 is 59.1 Å². The summed E-state index contributed by atoms with van der Waals surface area (Å²) < 4.78 is 48.8. The van der Waals surface area contributed by atoms with Gasteiger partial charge in [-0.25, -0.2) is 9.29 Å². The molecule has 0 aromatic carbocycles. The van der Waals surface area contributed by atoms with Gasteiger partial charge in [0.25, 0.3) is 21.2 Å². The zero-order valence-electron chi connectivity index (χ0n) is 22.2. The summed E-state index contributed by atoms with van der Waals surface area (Å²) in [5, 5.41) is 52.9. The number of aromatic nitrogens is 4. The molecule has 2 fully saturated rings. The summed E-state index contributed by atoms with van der Waals surface area (Å²) in [5.74, 6) is -0.298. The van der Waals surface area contributed by atoms with Gasteiger partial charge in [-0.15, -0.1) is 0 Å². The Bertz CT molecular complexity index is 1480. The number of aliphatic hydroxyl groups is 5. The second kappa shape index (κ2) is 15.4. The molecule has 8 N–H and O–H groups in total. The number of nitrogen functional groups attached to an aromatic ring is 1. The minimum Gasteiger partial charge on any atom is -0.756 e. The summed E-state index contributed by atoms with van der Waals surface area (Å²) in [7, 11) is -11.8. The molecule has 11 atom stereocenters. The van der Waals surface area contributed by atoms with Gasteiger partial charge in [0.15, 0.2) is 23.7 Å². The largest absolute Gasteiger partial charge is 1.00 e. The summed E-state index contributed by atoms with van der Waals surface area (Å²) >= 11 is 0. The van der Waals surface area contributed by atoms with Gasteiger partial charge in [0.1, 0.15) is 36.6 Å². The first kappa shape index (κ1) is 38.6. The smallest absolute Gasteiger partial charge is 0.756 e. The van der Waals surface area contributed by atoms with Crippen molar-refractivity contribution in [1.82, 2.24) is 19.5 Å². The van der Waals surface area contributed by atoms with Crippen LogP contribution in [0.2, 0.25) is 0 Å². The van der Waals surface area contributed by atoms with E-state index in [2.05, 4.69) is 38.3 Å². The number of phosphoric acid groups is 2. The zero-order chi connectivity index (χ0) is 30.3. The average Bonchev–Trinajstić information content (AvgIpc) is 3.42. The molecule has 23 nitrogen and oxygen atoms in total. The summed E-state index contributed by atoms with van der Waals surface area (Å²) in [4.78, 5) is 48.8. The Morgan fingerprint density at radius 1 is 1.12 bits per heavy atom. The number of phosphoric ester groups is 2. The molecule has 43 heavy (non-hydrogen) atoms. The Labute approximate surface area is 283 Å². The van der Waals surface area contributed by atoms with Crippen molar-refractivity contribution in [1.29, 1.82) is 0 Å². The van der Waals surface area contributed by atoms with Crippen molar-refractivity contribution in [3.05, 3.63) is 27.1 Å². The summed E-state index contributed by atoms with van der Waals surface area (Å²) in [6.07, 6.45) is -13.3. The van der Waals surface area contributed by atoms with E-state index < -0.39 is 89.6 Å². The summed E-state index contributed by atoms with van der Waals surface area (Å²) in [6.45, 7) is -2.04. The molecule has 0 spiro atoms. The number of aromatic amines is 1. The molecule has 2 aromatic rings. The molecule has 2 aromatic heterocycles. The molecule has 2 aliphatic heterocycles. The van der Waals surface area contributed by atoms with Gasteiger partial charge in [0, 0.05) is 4.91 Å². The number of imidazole rings is 1. The number of anilines is 1. The Balaban J connectivity index is 0.00000323. The molecule has 0 bridgehead atoms. The first-order valence-electron chi connectivity index (χ1n) is 11.2. The monoisotopic (exact) mass is 674 g/mol. The molecule has 4 heterocycles. The number of nitrogens with two attached hydrogens (primary N) is 1. The topological polar surface area (TPSA) is 366 Å². The molecule has 228 valence electrons. The van der Waals surface area contributed by atoms with Crippen molar-refractivity contribution in [3.8, 4) is 0 Å². The molecule has 11 unspecified atom stereocenters. The van der Waals surface area contributed by atoms with E-state index in [1.54, 1.807) is 0 Å². The van der Waals surface area contributed by atoms with Gasteiger partial charge in [0.05, 0.1) is 25.6 Å². The van der Waals surface area contributed by atoms with Crippen molar-refractivity contribution < 1.29 is 126 Å². The normalized spacial score (nSPS) is 33.4. The second-order valence-corrected chi connectivity index (χ2v) is 11.5. The minimum absolute atomic E-state index is 0. The van der Waals surface area contributed by atoms with Crippen molar-refractivity contribution in [3.63, 3.8) is 0 Å². The number of nitrogens with zero attached hydrogens (tertiary/aromatic N) is 6. The number of hydrogen-bond acceptors (Lipinski definition) is 19. The van der Waals surface area contributed by atoms with Crippen LogP contribution in [0.1, 0.15) is 6.23 Å². The van der Waals surface area contributed by atoms with Gasteiger partial charge in [-0.05, 0) is 5.53 Å². The van der Waals surface area contributed by atoms with Crippen LogP contribution in [0.25, 0.3) is 21.6 Å². The van der Waals surface area contributed by atoms with E-state index in [0.717, 1.165) is 10.9 Å². The third kappa shape index (κ3) is 8.63. The van der Waals surface area contributed by atoms with Gasteiger partial charge in [0.2, 0.25) is 5.95 Å². The second-order valence-electron chi connectivity index (χ2n) is 8.60. The van der Waals surface area contributed by atoms with Crippen LogP contribution in [0.5, 0.6) is 0 Å². The standard InChI is InChI=1S/C16H24N8O15P2.2Na/c17-16-20-12-7(13(30)21-16)19-3-24(12)14-11(29)9(27)5(36-14)2-35-40(31,32)39-41(33,34)38-15-6(22-23-18)10(28)8(26)4(1-25)37-15;;/h3-6,8-11,14-15,25-29H,1-2H2,(H,31,32)(H,33,34)(H3,17,20,21,30);;/q;2*+1/p-2. The summed E-state index contributed by atoms with van der Waals surface area (Å²) in [5.41, 5.74) is 13.1. The SMILES string of the molecule is [N-]=[N+]=NC1C(OP(=O)([O-])OP(=O)([O-])OCC2OC(n3cnc4c(=O)[nH]c(N)nc43)C(O)C2O)OC(CO)C(O)C1O.[Na+].[Na+]. The number of fused-ring (bicyclic) bond motifs is 1. The van der Waals surface area contributed by atoms with E-state index >= 15 is 0 Å². The number of H-pyrrole nitrogens is 1. The van der Waals surface area contributed by atoms with Crippen LogP contribution in [0.4, 0.5) is 5.95 Å². The van der Waals surface area contributed by atoms with Gasteiger partial charge in [-0.3, -0.25) is 28.0 Å². The van der Waals surface area contributed by atoms with Crippen LogP contribution < -0.4 is 80.2 Å². The Morgan fingerprint density at radius 3 is 2.40 bits per heavy atom. The van der Waals surface area contributed by atoms with Crippen molar-refractivity contribution in [2.24, 2.45) is 5.11 Å².